The van der Waals surface area contributed by atoms with E-state index in [9.17, 15) is 9.59 Å². The maximum atomic E-state index is 13.2. The Labute approximate surface area is 181 Å². The molecule has 0 spiro atoms. The first kappa shape index (κ1) is 20.9. The summed E-state index contributed by atoms with van der Waals surface area (Å²) in [5.41, 5.74) is 3.28. The largest absolute Gasteiger partial charge is 0.486 e. The molecule has 1 aliphatic heterocycles. The molecule has 7 nitrogen and oxygen atoms in total. The molecule has 1 atom stereocenters. The number of esters is 1. The van der Waals surface area contributed by atoms with E-state index in [1.54, 1.807) is 24.0 Å². The third kappa shape index (κ3) is 4.71. The molecule has 1 fully saturated rings. The summed E-state index contributed by atoms with van der Waals surface area (Å²) in [6, 6.07) is 11.2. The number of ether oxygens (including phenoxy) is 2. The minimum Gasteiger partial charge on any atom is -0.486 e. The summed E-state index contributed by atoms with van der Waals surface area (Å²) in [5.74, 6) is -0.118. The zero-order valence-electron chi connectivity index (χ0n) is 17.9. The lowest BCUT2D eigenvalue weighted by molar-refractivity contribution is -0.149. The molecule has 1 saturated heterocycles. The molecular formula is C24H27N3O4. The van der Waals surface area contributed by atoms with E-state index < -0.39 is 0 Å². The van der Waals surface area contributed by atoms with Crippen LogP contribution in [-0.2, 0) is 16.1 Å². The number of aromatic nitrogens is 2. The van der Waals surface area contributed by atoms with Crippen molar-refractivity contribution in [1.82, 2.24) is 14.3 Å². The molecule has 0 aliphatic carbocycles. The topological polar surface area (TPSA) is 73.1 Å². The molecule has 0 saturated carbocycles. The van der Waals surface area contributed by atoms with Gasteiger partial charge in [0.05, 0.1) is 23.8 Å². The first-order chi connectivity index (χ1) is 15.0. The van der Waals surface area contributed by atoms with Gasteiger partial charge in [-0.1, -0.05) is 18.2 Å². The molecule has 3 heterocycles. The SMILES string of the molecule is CCOC(=O)[C@H]1CCCN(C(=O)c2ccccc2OCc2cn3cc(C)ccc3n2)C1. The quantitative estimate of drug-likeness (QED) is 0.568. The smallest absolute Gasteiger partial charge is 0.310 e. The fraction of sp³-hybridized carbons (Fsp3) is 0.375. The molecule has 2 aromatic heterocycles. The van der Waals surface area contributed by atoms with Crippen LogP contribution in [0.25, 0.3) is 5.65 Å². The van der Waals surface area contributed by atoms with Crippen molar-refractivity contribution >= 4 is 17.5 Å². The minimum absolute atomic E-state index is 0.129. The van der Waals surface area contributed by atoms with Gasteiger partial charge in [-0.2, -0.15) is 0 Å². The second-order valence-electron chi connectivity index (χ2n) is 7.83. The first-order valence-electron chi connectivity index (χ1n) is 10.7. The van der Waals surface area contributed by atoms with Crippen molar-refractivity contribution in [2.75, 3.05) is 19.7 Å². The summed E-state index contributed by atoms with van der Waals surface area (Å²) in [7, 11) is 0. The number of imidazole rings is 1. The molecule has 3 aromatic rings. The number of para-hydroxylation sites is 1. The molecule has 0 unspecified atom stereocenters. The van der Waals surface area contributed by atoms with Crippen LogP contribution in [0.4, 0.5) is 0 Å². The van der Waals surface area contributed by atoms with Crippen molar-refractivity contribution in [2.24, 2.45) is 5.92 Å². The molecule has 31 heavy (non-hydrogen) atoms. The predicted molar refractivity (Wildman–Crippen MR) is 116 cm³/mol. The van der Waals surface area contributed by atoms with Crippen LogP contribution in [0.2, 0.25) is 0 Å². The summed E-state index contributed by atoms with van der Waals surface area (Å²) < 4.78 is 13.1. The van der Waals surface area contributed by atoms with Crippen LogP contribution < -0.4 is 4.74 Å². The molecule has 0 N–H and O–H groups in total. The molecule has 1 amide bonds. The molecular weight excluding hydrogens is 394 g/mol. The average Bonchev–Trinajstić information content (AvgIpc) is 3.19. The number of rotatable bonds is 6. The summed E-state index contributed by atoms with van der Waals surface area (Å²) in [6.45, 7) is 5.43. The number of piperidine rings is 1. The Kier molecular flexibility index (Phi) is 6.21. The van der Waals surface area contributed by atoms with Gasteiger partial charge in [-0.05, 0) is 50.5 Å². The van der Waals surface area contributed by atoms with Gasteiger partial charge in [0.2, 0.25) is 0 Å². The Bertz CT molecular complexity index is 1090. The van der Waals surface area contributed by atoms with E-state index in [-0.39, 0.29) is 24.4 Å². The molecule has 4 rings (SSSR count). The van der Waals surface area contributed by atoms with Crippen LogP contribution >= 0.6 is 0 Å². The van der Waals surface area contributed by atoms with E-state index in [4.69, 9.17) is 9.47 Å². The second-order valence-corrected chi connectivity index (χ2v) is 7.83. The third-order valence-corrected chi connectivity index (χ3v) is 5.47. The van der Waals surface area contributed by atoms with E-state index in [2.05, 4.69) is 4.98 Å². The molecule has 1 aromatic carbocycles. The maximum Gasteiger partial charge on any atom is 0.310 e. The van der Waals surface area contributed by atoms with Gasteiger partial charge in [-0.3, -0.25) is 9.59 Å². The van der Waals surface area contributed by atoms with Crippen LogP contribution in [0.1, 0.15) is 41.4 Å². The predicted octanol–water partition coefficient (Wildman–Crippen LogP) is 3.64. The molecule has 0 bridgehead atoms. The number of benzene rings is 1. The van der Waals surface area contributed by atoms with Gasteiger partial charge >= 0.3 is 5.97 Å². The number of nitrogens with zero attached hydrogens (tertiary/aromatic N) is 3. The zero-order valence-corrected chi connectivity index (χ0v) is 17.9. The number of carbonyl (C=O) groups is 2. The molecule has 1 aliphatic rings. The van der Waals surface area contributed by atoms with Crippen molar-refractivity contribution in [3.63, 3.8) is 0 Å². The highest BCUT2D eigenvalue weighted by Crippen LogP contribution is 2.25. The second kappa shape index (κ2) is 9.20. The lowest BCUT2D eigenvalue weighted by Gasteiger charge is -2.32. The Balaban J connectivity index is 1.47. The van der Waals surface area contributed by atoms with Crippen LogP contribution in [-0.4, -0.2) is 45.9 Å². The lowest BCUT2D eigenvalue weighted by Crippen LogP contribution is -2.42. The fourth-order valence-corrected chi connectivity index (χ4v) is 3.93. The summed E-state index contributed by atoms with van der Waals surface area (Å²) in [4.78, 5) is 31.6. The Morgan fingerprint density at radius 3 is 2.84 bits per heavy atom. The van der Waals surface area contributed by atoms with E-state index in [0.717, 1.165) is 29.7 Å². The first-order valence-corrected chi connectivity index (χ1v) is 10.7. The van der Waals surface area contributed by atoms with Crippen molar-refractivity contribution in [1.29, 1.82) is 0 Å². The molecule has 0 radical (unpaired) electrons. The van der Waals surface area contributed by atoms with Crippen molar-refractivity contribution in [3.8, 4) is 5.75 Å². The number of fused-ring (bicyclic) bond motifs is 1. The van der Waals surface area contributed by atoms with Crippen LogP contribution in [0.5, 0.6) is 5.75 Å². The highest BCUT2D eigenvalue weighted by Gasteiger charge is 2.30. The number of amides is 1. The third-order valence-electron chi connectivity index (χ3n) is 5.47. The highest BCUT2D eigenvalue weighted by molar-refractivity contribution is 5.97. The Morgan fingerprint density at radius 1 is 1.16 bits per heavy atom. The number of pyridine rings is 1. The number of hydrogen-bond acceptors (Lipinski definition) is 5. The number of likely N-dealkylation sites (tertiary alicyclic amines) is 1. The number of aryl methyl sites for hydroxylation is 1. The van der Waals surface area contributed by atoms with Gasteiger partial charge in [-0.25, -0.2) is 4.98 Å². The van der Waals surface area contributed by atoms with Gasteiger partial charge in [0, 0.05) is 25.5 Å². The van der Waals surface area contributed by atoms with Crippen molar-refractivity contribution in [3.05, 3.63) is 65.6 Å². The van der Waals surface area contributed by atoms with E-state index in [0.29, 0.717) is 31.0 Å². The van der Waals surface area contributed by atoms with Gasteiger partial charge in [0.15, 0.2) is 0 Å². The fourth-order valence-electron chi connectivity index (χ4n) is 3.93. The van der Waals surface area contributed by atoms with Gasteiger partial charge in [0.25, 0.3) is 5.91 Å². The Morgan fingerprint density at radius 2 is 2.00 bits per heavy atom. The lowest BCUT2D eigenvalue weighted by atomic mass is 9.97. The molecule has 162 valence electrons. The minimum atomic E-state index is -0.271. The van der Waals surface area contributed by atoms with Gasteiger partial charge in [0.1, 0.15) is 18.0 Å². The van der Waals surface area contributed by atoms with Crippen molar-refractivity contribution < 1.29 is 19.1 Å². The summed E-state index contributed by atoms with van der Waals surface area (Å²) in [6.07, 6.45) is 5.47. The normalized spacial score (nSPS) is 16.3. The highest BCUT2D eigenvalue weighted by atomic mass is 16.5. The molecule has 7 heteroatoms. The number of carbonyl (C=O) groups excluding carboxylic acids is 2. The van der Waals surface area contributed by atoms with Gasteiger partial charge in [-0.15, -0.1) is 0 Å². The van der Waals surface area contributed by atoms with Crippen molar-refractivity contribution in [2.45, 2.75) is 33.3 Å². The zero-order chi connectivity index (χ0) is 21.8. The maximum absolute atomic E-state index is 13.2. The Hall–Kier alpha value is -3.35. The van der Waals surface area contributed by atoms with Crippen LogP contribution in [0.15, 0.2) is 48.8 Å². The average molecular weight is 421 g/mol. The van der Waals surface area contributed by atoms with E-state index in [1.807, 2.05) is 48.0 Å². The van der Waals surface area contributed by atoms with Crippen LogP contribution in [0.3, 0.4) is 0 Å². The number of hydrogen-bond donors (Lipinski definition) is 0. The summed E-state index contributed by atoms with van der Waals surface area (Å²) in [5, 5.41) is 0. The van der Waals surface area contributed by atoms with E-state index in [1.165, 1.54) is 0 Å². The monoisotopic (exact) mass is 421 g/mol. The standard InChI is InChI=1S/C24H27N3O4/c1-3-30-24(29)18-7-6-12-26(14-18)23(28)20-8-4-5-9-21(20)31-16-19-15-27-13-17(2)10-11-22(27)25-19/h4-5,8-11,13,15,18H,3,6-7,12,14,16H2,1-2H3/t18-/m0/s1. The van der Waals surface area contributed by atoms with Gasteiger partial charge < -0.3 is 18.8 Å². The van der Waals surface area contributed by atoms with Crippen LogP contribution in [0, 0.1) is 12.8 Å². The van der Waals surface area contributed by atoms with E-state index >= 15 is 0 Å². The summed E-state index contributed by atoms with van der Waals surface area (Å²) >= 11 is 0.